The third kappa shape index (κ3) is 6.03. The van der Waals surface area contributed by atoms with Crippen LogP contribution in [0.4, 0.5) is 10.1 Å². The van der Waals surface area contributed by atoms with E-state index >= 15 is 0 Å². The zero-order chi connectivity index (χ0) is 14.4. The highest BCUT2D eigenvalue weighted by Crippen LogP contribution is 2.19. The first-order chi connectivity index (χ1) is 8.88. The molecule has 106 valence electrons. The van der Waals surface area contributed by atoms with E-state index in [-0.39, 0.29) is 22.9 Å². The lowest BCUT2D eigenvalue weighted by Crippen LogP contribution is -2.21. The van der Waals surface area contributed by atoms with Gasteiger partial charge in [-0.15, -0.1) is 0 Å². The Hall–Kier alpha value is -1.13. The molecule has 0 saturated heterocycles. The van der Waals surface area contributed by atoms with Gasteiger partial charge in [0.15, 0.2) is 0 Å². The summed E-state index contributed by atoms with van der Waals surface area (Å²) in [5.74, 6) is -0.737. The second-order valence-corrected chi connectivity index (χ2v) is 5.39. The molecule has 0 spiro atoms. The highest BCUT2D eigenvalue weighted by atomic mass is 35.5. The van der Waals surface area contributed by atoms with Crippen molar-refractivity contribution in [1.29, 1.82) is 0 Å². The summed E-state index contributed by atoms with van der Waals surface area (Å²) >= 11 is 5.73. The van der Waals surface area contributed by atoms with E-state index in [1.54, 1.807) is 0 Å². The molecule has 0 radical (unpaired) electrons. The molecule has 1 aromatic rings. The molecule has 0 aliphatic rings. The monoisotopic (exact) mass is 286 g/mol. The van der Waals surface area contributed by atoms with Crippen LogP contribution in [-0.2, 0) is 4.79 Å². The highest BCUT2D eigenvalue weighted by molar-refractivity contribution is 6.30. The van der Waals surface area contributed by atoms with Gasteiger partial charge in [0.25, 0.3) is 0 Å². The predicted molar refractivity (Wildman–Crippen MR) is 76.7 cm³/mol. The first-order valence-electron chi connectivity index (χ1n) is 6.41. The summed E-state index contributed by atoms with van der Waals surface area (Å²) in [6, 6.07) is 4.12. The SMILES string of the molecule is CC(N)CCCC(C)C(=O)Nc1cc(F)cc(Cl)c1. The summed E-state index contributed by atoms with van der Waals surface area (Å²) in [5.41, 5.74) is 6.04. The molecule has 0 saturated carbocycles. The number of anilines is 1. The quantitative estimate of drug-likeness (QED) is 0.840. The third-order valence-electron chi connectivity index (χ3n) is 2.87. The number of halogens is 2. The van der Waals surface area contributed by atoms with Crippen LogP contribution in [0.25, 0.3) is 0 Å². The molecule has 3 N–H and O–H groups in total. The molecule has 1 amide bonds. The van der Waals surface area contributed by atoms with E-state index in [4.69, 9.17) is 17.3 Å². The van der Waals surface area contributed by atoms with Crippen molar-refractivity contribution in [3.8, 4) is 0 Å². The van der Waals surface area contributed by atoms with Crippen LogP contribution in [0.2, 0.25) is 5.02 Å². The summed E-state index contributed by atoms with van der Waals surface area (Å²) in [4.78, 5) is 11.9. The van der Waals surface area contributed by atoms with E-state index in [9.17, 15) is 9.18 Å². The number of nitrogens with one attached hydrogen (secondary N) is 1. The standard InChI is InChI=1S/C14H20ClFN2O/c1-9(4-3-5-10(2)17)14(19)18-13-7-11(15)6-12(16)8-13/h6-10H,3-5,17H2,1-2H3,(H,18,19). The molecular formula is C14H20ClFN2O. The summed E-state index contributed by atoms with van der Waals surface area (Å²) < 4.78 is 13.1. The van der Waals surface area contributed by atoms with Gasteiger partial charge in [-0.1, -0.05) is 24.9 Å². The van der Waals surface area contributed by atoms with Gasteiger partial charge in [-0.05, 0) is 38.0 Å². The van der Waals surface area contributed by atoms with Gasteiger partial charge >= 0.3 is 0 Å². The molecule has 2 unspecified atom stereocenters. The topological polar surface area (TPSA) is 55.1 Å². The Morgan fingerprint density at radius 2 is 2.05 bits per heavy atom. The number of carbonyl (C=O) groups excluding carboxylic acids is 1. The second kappa shape index (κ2) is 7.46. The maximum atomic E-state index is 13.1. The van der Waals surface area contributed by atoms with Crippen LogP contribution in [0.5, 0.6) is 0 Å². The van der Waals surface area contributed by atoms with Crippen molar-refractivity contribution >= 4 is 23.2 Å². The lowest BCUT2D eigenvalue weighted by atomic mass is 10.0. The van der Waals surface area contributed by atoms with Crippen molar-refractivity contribution in [2.24, 2.45) is 11.7 Å². The van der Waals surface area contributed by atoms with Gasteiger partial charge in [0.05, 0.1) is 0 Å². The van der Waals surface area contributed by atoms with E-state index in [1.165, 1.54) is 18.2 Å². The van der Waals surface area contributed by atoms with Gasteiger partial charge in [-0.25, -0.2) is 4.39 Å². The van der Waals surface area contributed by atoms with Crippen molar-refractivity contribution in [2.75, 3.05) is 5.32 Å². The third-order valence-corrected chi connectivity index (χ3v) is 3.09. The fraction of sp³-hybridized carbons (Fsp3) is 0.500. The minimum Gasteiger partial charge on any atom is -0.328 e. The molecule has 19 heavy (non-hydrogen) atoms. The lowest BCUT2D eigenvalue weighted by Gasteiger charge is -2.13. The van der Waals surface area contributed by atoms with E-state index in [1.807, 2.05) is 13.8 Å². The van der Waals surface area contributed by atoms with E-state index in [0.29, 0.717) is 5.69 Å². The first kappa shape index (κ1) is 15.9. The van der Waals surface area contributed by atoms with Gasteiger partial charge in [0.2, 0.25) is 5.91 Å². The van der Waals surface area contributed by atoms with E-state index in [2.05, 4.69) is 5.32 Å². The number of carbonyl (C=O) groups is 1. The number of hydrogen-bond donors (Lipinski definition) is 2. The minimum atomic E-state index is -0.465. The van der Waals surface area contributed by atoms with Crippen molar-refractivity contribution in [2.45, 2.75) is 39.2 Å². The second-order valence-electron chi connectivity index (χ2n) is 4.96. The normalized spacial score (nSPS) is 13.9. The Morgan fingerprint density at radius 3 is 2.63 bits per heavy atom. The Balaban J connectivity index is 2.49. The van der Waals surface area contributed by atoms with Gasteiger partial charge in [0.1, 0.15) is 5.82 Å². The molecule has 1 aromatic carbocycles. The van der Waals surface area contributed by atoms with Crippen molar-refractivity contribution in [3.63, 3.8) is 0 Å². The zero-order valence-corrected chi connectivity index (χ0v) is 12.0. The maximum absolute atomic E-state index is 13.1. The summed E-state index contributed by atoms with van der Waals surface area (Å²) in [7, 11) is 0. The number of hydrogen-bond acceptors (Lipinski definition) is 2. The Morgan fingerprint density at radius 1 is 1.37 bits per heavy atom. The van der Waals surface area contributed by atoms with Gasteiger partial charge in [-0.3, -0.25) is 4.79 Å². The van der Waals surface area contributed by atoms with Gasteiger partial charge in [-0.2, -0.15) is 0 Å². The van der Waals surface area contributed by atoms with Gasteiger partial charge < -0.3 is 11.1 Å². The van der Waals surface area contributed by atoms with Crippen LogP contribution in [0, 0.1) is 11.7 Å². The van der Waals surface area contributed by atoms with Crippen LogP contribution >= 0.6 is 11.6 Å². The van der Waals surface area contributed by atoms with Crippen molar-refractivity contribution in [1.82, 2.24) is 0 Å². The van der Waals surface area contributed by atoms with Crippen LogP contribution in [0.15, 0.2) is 18.2 Å². The average molecular weight is 287 g/mol. The van der Waals surface area contributed by atoms with Gasteiger partial charge in [0, 0.05) is 22.7 Å². The summed E-state index contributed by atoms with van der Waals surface area (Å²) in [5, 5.41) is 2.93. The highest BCUT2D eigenvalue weighted by Gasteiger charge is 2.13. The first-order valence-corrected chi connectivity index (χ1v) is 6.79. The lowest BCUT2D eigenvalue weighted by molar-refractivity contribution is -0.119. The summed E-state index contributed by atoms with van der Waals surface area (Å²) in [6.07, 6.45) is 2.55. The summed E-state index contributed by atoms with van der Waals surface area (Å²) in [6.45, 7) is 3.79. The molecule has 3 nitrogen and oxygen atoms in total. The molecular weight excluding hydrogens is 267 g/mol. The van der Waals surface area contributed by atoms with E-state index in [0.717, 1.165) is 19.3 Å². The Labute approximate surface area is 118 Å². The van der Waals surface area contributed by atoms with Crippen LogP contribution in [0.1, 0.15) is 33.1 Å². The van der Waals surface area contributed by atoms with Crippen molar-refractivity contribution < 1.29 is 9.18 Å². The number of amides is 1. The molecule has 0 bridgehead atoms. The number of rotatable bonds is 6. The van der Waals surface area contributed by atoms with Crippen LogP contribution in [-0.4, -0.2) is 11.9 Å². The van der Waals surface area contributed by atoms with Crippen LogP contribution in [0.3, 0.4) is 0 Å². The number of benzene rings is 1. The number of nitrogens with two attached hydrogens (primary N) is 1. The molecule has 0 aromatic heterocycles. The molecule has 2 atom stereocenters. The maximum Gasteiger partial charge on any atom is 0.227 e. The average Bonchev–Trinajstić information content (AvgIpc) is 2.26. The molecule has 0 aliphatic heterocycles. The predicted octanol–water partition coefficient (Wildman–Crippen LogP) is 3.57. The smallest absolute Gasteiger partial charge is 0.227 e. The Kier molecular flexibility index (Phi) is 6.25. The van der Waals surface area contributed by atoms with Crippen molar-refractivity contribution in [3.05, 3.63) is 29.0 Å². The molecule has 0 aliphatic carbocycles. The Bertz CT molecular complexity index is 417. The molecule has 0 fully saturated rings. The largest absolute Gasteiger partial charge is 0.328 e. The zero-order valence-electron chi connectivity index (χ0n) is 11.2. The molecule has 5 heteroatoms. The molecule has 1 rings (SSSR count). The van der Waals surface area contributed by atoms with E-state index < -0.39 is 5.82 Å². The molecule has 0 heterocycles. The fourth-order valence-corrected chi connectivity index (χ4v) is 1.99. The van der Waals surface area contributed by atoms with Crippen LogP contribution < -0.4 is 11.1 Å². The minimum absolute atomic E-state index is 0.133. The fourth-order valence-electron chi connectivity index (χ4n) is 1.77.